The lowest BCUT2D eigenvalue weighted by Crippen LogP contribution is -2.47. The van der Waals surface area contributed by atoms with E-state index in [2.05, 4.69) is 52.5 Å². The molecule has 3 rings (SSSR count). The van der Waals surface area contributed by atoms with Crippen LogP contribution in [0, 0.1) is 19.7 Å². The van der Waals surface area contributed by atoms with Crippen LogP contribution in [-0.4, -0.2) is 49.3 Å². The van der Waals surface area contributed by atoms with Gasteiger partial charge in [0.2, 0.25) is 0 Å². The van der Waals surface area contributed by atoms with Gasteiger partial charge in [-0.3, -0.25) is 4.90 Å². The molecule has 4 nitrogen and oxygen atoms in total. The molecule has 1 aliphatic rings. The van der Waals surface area contributed by atoms with E-state index in [9.17, 15) is 4.39 Å². The van der Waals surface area contributed by atoms with Crippen molar-refractivity contribution in [3.8, 4) is 0 Å². The lowest BCUT2D eigenvalue weighted by Gasteiger charge is -2.36. The van der Waals surface area contributed by atoms with Crippen LogP contribution in [0.15, 0.2) is 42.5 Å². The molecular weight excluding hydrogens is 371 g/mol. The molecule has 2 aromatic carbocycles. The topological polar surface area (TPSA) is 30.5 Å². The first-order valence-corrected chi connectivity index (χ1v) is 10.3. The molecule has 0 atom stereocenters. The molecule has 1 aliphatic heterocycles. The minimum Gasteiger partial charge on any atom is -0.369 e. The molecule has 0 unspecified atom stereocenters. The number of aryl methyl sites for hydroxylation is 2. The molecule has 2 aromatic rings. The highest BCUT2D eigenvalue weighted by Crippen LogP contribution is 2.19. The Kier molecular flexibility index (Phi) is 7.23. The maximum Gasteiger partial charge on any atom is 0.170 e. The summed E-state index contributed by atoms with van der Waals surface area (Å²) >= 11 is 5.43. The molecule has 1 fully saturated rings. The van der Waals surface area contributed by atoms with E-state index in [1.54, 1.807) is 0 Å². The molecule has 6 heteroatoms. The standard InChI is InChI=1S/C22H29FN4S/c1-17-5-3-6-18(2)21(17)25-22(28)24-11-4-12-26-13-15-27(16-14-26)20-9-7-19(23)8-10-20/h3,5-10H,4,11-16H2,1-2H3,(H2,24,25,28). The molecule has 28 heavy (non-hydrogen) atoms. The fourth-order valence-electron chi connectivity index (χ4n) is 3.56. The Morgan fingerprint density at radius 1 is 1.00 bits per heavy atom. The van der Waals surface area contributed by atoms with Crippen molar-refractivity contribution >= 4 is 28.7 Å². The van der Waals surface area contributed by atoms with Gasteiger partial charge in [-0.25, -0.2) is 4.39 Å². The average Bonchev–Trinajstić information content (AvgIpc) is 2.69. The minimum atomic E-state index is -0.181. The van der Waals surface area contributed by atoms with Gasteiger partial charge in [-0.1, -0.05) is 18.2 Å². The van der Waals surface area contributed by atoms with Crippen molar-refractivity contribution in [2.45, 2.75) is 20.3 Å². The number of hydrogen-bond acceptors (Lipinski definition) is 3. The van der Waals surface area contributed by atoms with Gasteiger partial charge in [0.1, 0.15) is 5.82 Å². The molecular formula is C22H29FN4S. The second-order valence-electron chi connectivity index (χ2n) is 7.31. The molecule has 2 N–H and O–H groups in total. The molecule has 0 bridgehead atoms. The van der Waals surface area contributed by atoms with Crippen molar-refractivity contribution in [1.29, 1.82) is 0 Å². The summed E-state index contributed by atoms with van der Waals surface area (Å²) in [4.78, 5) is 4.79. The first-order chi connectivity index (χ1) is 13.5. The third-order valence-electron chi connectivity index (χ3n) is 5.22. The monoisotopic (exact) mass is 400 g/mol. The van der Waals surface area contributed by atoms with Gasteiger partial charge in [-0.2, -0.15) is 0 Å². The van der Waals surface area contributed by atoms with E-state index in [1.807, 2.05) is 12.1 Å². The van der Waals surface area contributed by atoms with Gasteiger partial charge < -0.3 is 15.5 Å². The van der Waals surface area contributed by atoms with E-state index < -0.39 is 0 Å². The average molecular weight is 401 g/mol. The zero-order valence-corrected chi connectivity index (χ0v) is 17.5. The van der Waals surface area contributed by atoms with Crippen molar-refractivity contribution in [2.75, 3.05) is 49.5 Å². The Morgan fingerprint density at radius 3 is 2.29 bits per heavy atom. The van der Waals surface area contributed by atoms with Gasteiger partial charge in [-0.05, 0) is 74.4 Å². The smallest absolute Gasteiger partial charge is 0.170 e. The summed E-state index contributed by atoms with van der Waals surface area (Å²) < 4.78 is 13.1. The Balaban J connectivity index is 1.34. The molecule has 0 aliphatic carbocycles. The summed E-state index contributed by atoms with van der Waals surface area (Å²) in [6.07, 6.45) is 1.05. The Morgan fingerprint density at radius 2 is 1.64 bits per heavy atom. The molecule has 150 valence electrons. The summed E-state index contributed by atoms with van der Waals surface area (Å²) in [5.74, 6) is -0.181. The van der Waals surface area contributed by atoms with Crippen LogP contribution >= 0.6 is 12.2 Å². The molecule has 0 radical (unpaired) electrons. The largest absolute Gasteiger partial charge is 0.369 e. The Hall–Kier alpha value is -2.18. The van der Waals surface area contributed by atoms with Crippen LogP contribution < -0.4 is 15.5 Å². The van der Waals surface area contributed by atoms with E-state index in [1.165, 1.54) is 23.3 Å². The number of nitrogens with one attached hydrogen (secondary N) is 2. The summed E-state index contributed by atoms with van der Waals surface area (Å²) in [5.41, 5.74) is 4.59. The highest BCUT2D eigenvalue weighted by atomic mass is 32.1. The van der Waals surface area contributed by atoms with Gasteiger partial charge in [0.15, 0.2) is 5.11 Å². The van der Waals surface area contributed by atoms with Gasteiger partial charge in [-0.15, -0.1) is 0 Å². The van der Waals surface area contributed by atoms with Crippen LogP contribution in [0.1, 0.15) is 17.5 Å². The van der Waals surface area contributed by atoms with Crippen LogP contribution in [0.3, 0.4) is 0 Å². The second kappa shape index (κ2) is 9.85. The number of piperazine rings is 1. The summed E-state index contributed by atoms with van der Waals surface area (Å²) in [5, 5.41) is 7.31. The first kappa shape index (κ1) is 20.6. The van der Waals surface area contributed by atoms with E-state index in [4.69, 9.17) is 12.2 Å². The Bertz CT molecular complexity index is 765. The van der Waals surface area contributed by atoms with Crippen LogP contribution in [0.5, 0.6) is 0 Å². The molecule has 1 heterocycles. The van der Waals surface area contributed by atoms with Gasteiger partial charge in [0.05, 0.1) is 0 Å². The van der Waals surface area contributed by atoms with Crippen LogP contribution in [-0.2, 0) is 0 Å². The highest BCUT2D eigenvalue weighted by Gasteiger charge is 2.16. The summed E-state index contributed by atoms with van der Waals surface area (Å²) in [6, 6.07) is 13.0. The summed E-state index contributed by atoms with van der Waals surface area (Å²) in [7, 11) is 0. The number of thiocarbonyl (C=S) groups is 1. The number of rotatable bonds is 6. The lowest BCUT2D eigenvalue weighted by atomic mass is 10.1. The number of hydrogen-bond donors (Lipinski definition) is 2. The quantitative estimate of drug-likeness (QED) is 0.567. The molecule has 0 amide bonds. The maximum atomic E-state index is 13.1. The molecule has 1 saturated heterocycles. The van der Waals surface area contributed by atoms with Crippen LogP contribution in [0.2, 0.25) is 0 Å². The molecule has 0 aromatic heterocycles. The third kappa shape index (κ3) is 5.66. The minimum absolute atomic E-state index is 0.181. The van der Waals surface area contributed by atoms with Crippen molar-refractivity contribution < 1.29 is 4.39 Å². The fraction of sp³-hybridized carbons (Fsp3) is 0.409. The van der Waals surface area contributed by atoms with Crippen LogP contribution in [0.25, 0.3) is 0 Å². The molecule has 0 spiro atoms. The Labute approximate surface area is 172 Å². The van der Waals surface area contributed by atoms with E-state index in [-0.39, 0.29) is 5.82 Å². The number of anilines is 2. The number of para-hydroxylation sites is 1. The zero-order valence-electron chi connectivity index (χ0n) is 16.7. The highest BCUT2D eigenvalue weighted by molar-refractivity contribution is 7.80. The van der Waals surface area contributed by atoms with Crippen LogP contribution in [0.4, 0.5) is 15.8 Å². The number of benzene rings is 2. The van der Waals surface area contributed by atoms with Gasteiger partial charge >= 0.3 is 0 Å². The van der Waals surface area contributed by atoms with E-state index in [0.717, 1.165) is 57.1 Å². The van der Waals surface area contributed by atoms with Crippen molar-refractivity contribution in [3.63, 3.8) is 0 Å². The van der Waals surface area contributed by atoms with E-state index >= 15 is 0 Å². The predicted molar refractivity (Wildman–Crippen MR) is 120 cm³/mol. The van der Waals surface area contributed by atoms with Gasteiger partial charge in [0, 0.05) is 44.1 Å². The zero-order chi connectivity index (χ0) is 19.9. The van der Waals surface area contributed by atoms with Crippen molar-refractivity contribution in [3.05, 3.63) is 59.4 Å². The first-order valence-electron chi connectivity index (χ1n) is 9.87. The second-order valence-corrected chi connectivity index (χ2v) is 7.71. The molecule has 0 saturated carbocycles. The van der Waals surface area contributed by atoms with E-state index in [0.29, 0.717) is 5.11 Å². The number of nitrogens with zero attached hydrogens (tertiary/aromatic N) is 2. The normalized spacial score (nSPS) is 14.8. The SMILES string of the molecule is Cc1cccc(C)c1NC(=S)NCCCN1CCN(c2ccc(F)cc2)CC1. The van der Waals surface area contributed by atoms with Crippen molar-refractivity contribution in [1.82, 2.24) is 10.2 Å². The van der Waals surface area contributed by atoms with Gasteiger partial charge in [0.25, 0.3) is 0 Å². The lowest BCUT2D eigenvalue weighted by molar-refractivity contribution is 0.255. The predicted octanol–water partition coefficient (Wildman–Crippen LogP) is 3.94. The summed E-state index contributed by atoms with van der Waals surface area (Å²) in [6.45, 7) is 10.1. The fourth-order valence-corrected chi connectivity index (χ4v) is 3.76. The number of halogens is 1. The third-order valence-corrected chi connectivity index (χ3v) is 5.47. The maximum absolute atomic E-state index is 13.1. The van der Waals surface area contributed by atoms with Crippen molar-refractivity contribution in [2.24, 2.45) is 0 Å².